The van der Waals surface area contributed by atoms with Gasteiger partial charge in [-0.05, 0) is 51.4 Å². The lowest BCUT2D eigenvalue weighted by molar-refractivity contribution is 0.237. The zero-order chi connectivity index (χ0) is 17.6. The maximum atomic E-state index is 13.4. The quantitative estimate of drug-likeness (QED) is 0.768. The summed E-state index contributed by atoms with van der Waals surface area (Å²) < 4.78 is 13.4. The number of nitrogens with one attached hydrogen (secondary N) is 2. The smallest absolute Gasteiger partial charge is 0.187 e. The average Bonchev–Trinajstić information content (AvgIpc) is 3.21. The third-order valence-corrected chi connectivity index (χ3v) is 5.12. The maximum Gasteiger partial charge on any atom is 0.187 e. The van der Waals surface area contributed by atoms with Crippen LogP contribution in [0.25, 0.3) is 11.0 Å². The standard InChI is InChI=1S/C19H21FN4O/c1-11-9-21-16(12(2)18(11)25)10-24-7-3-4-17(24)19-22-14-6-5-13(20)8-15(14)23-19/h5-6,8-9,17H,3-4,7,10H2,1-2H3,(H,21,25)(H,22,23). The van der Waals surface area contributed by atoms with Gasteiger partial charge in [-0.3, -0.25) is 9.69 Å². The molecular formula is C19H21FN4O. The van der Waals surface area contributed by atoms with Crippen molar-refractivity contribution in [1.82, 2.24) is 19.9 Å². The van der Waals surface area contributed by atoms with Gasteiger partial charge in [-0.1, -0.05) is 0 Å². The summed E-state index contributed by atoms with van der Waals surface area (Å²) in [5.41, 5.74) is 4.06. The number of pyridine rings is 1. The second-order valence-electron chi connectivity index (χ2n) is 6.82. The number of nitrogens with zero attached hydrogens (tertiary/aromatic N) is 2. The monoisotopic (exact) mass is 340 g/mol. The van der Waals surface area contributed by atoms with Crippen LogP contribution >= 0.6 is 0 Å². The molecule has 0 aliphatic carbocycles. The number of aromatic amines is 2. The minimum absolute atomic E-state index is 0.101. The van der Waals surface area contributed by atoms with E-state index in [0.717, 1.165) is 53.1 Å². The number of aryl methyl sites for hydroxylation is 1. The van der Waals surface area contributed by atoms with Crippen LogP contribution in [0.15, 0.2) is 29.2 Å². The molecule has 1 unspecified atom stereocenters. The highest BCUT2D eigenvalue weighted by molar-refractivity contribution is 5.75. The van der Waals surface area contributed by atoms with Crippen LogP contribution in [0.3, 0.4) is 0 Å². The third-order valence-electron chi connectivity index (χ3n) is 5.12. The van der Waals surface area contributed by atoms with Crippen molar-refractivity contribution in [3.05, 3.63) is 63.1 Å². The Morgan fingerprint density at radius 3 is 3.04 bits per heavy atom. The summed E-state index contributed by atoms with van der Waals surface area (Å²) in [7, 11) is 0. The Hall–Kier alpha value is -2.47. The highest BCUT2D eigenvalue weighted by Crippen LogP contribution is 2.32. The van der Waals surface area contributed by atoms with E-state index in [0.29, 0.717) is 6.54 Å². The first kappa shape index (κ1) is 16.0. The van der Waals surface area contributed by atoms with Gasteiger partial charge in [-0.2, -0.15) is 0 Å². The van der Waals surface area contributed by atoms with Crippen molar-refractivity contribution in [1.29, 1.82) is 0 Å². The number of aromatic nitrogens is 3. The molecule has 0 radical (unpaired) electrons. The first-order chi connectivity index (χ1) is 12.0. The molecule has 2 N–H and O–H groups in total. The lowest BCUT2D eigenvalue weighted by Gasteiger charge is -2.23. The van der Waals surface area contributed by atoms with Crippen LogP contribution in [-0.4, -0.2) is 26.4 Å². The van der Waals surface area contributed by atoms with E-state index in [9.17, 15) is 9.18 Å². The molecule has 1 saturated heterocycles. The fourth-order valence-corrected chi connectivity index (χ4v) is 3.65. The number of hydrogen-bond acceptors (Lipinski definition) is 3. The molecule has 0 spiro atoms. The Morgan fingerprint density at radius 2 is 2.20 bits per heavy atom. The summed E-state index contributed by atoms with van der Waals surface area (Å²) in [6.07, 6.45) is 3.85. The highest BCUT2D eigenvalue weighted by atomic mass is 19.1. The van der Waals surface area contributed by atoms with Gasteiger partial charge in [0.25, 0.3) is 0 Å². The molecule has 5 nitrogen and oxygen atoms in total. The van der Waals surface area contributed by atoms with Gasteiger partial charge in [0.1, 0.15) is 11.6 Å². The van der Waals surface area contributed by atoms with Gasteiger partial charge in [-0.15, -0.1) is 0 Å². The van der Waals surface area contributed by atoms with Gasteiger partial charge in [0.05, 0.1) is 17.1 Å². The number of imidazole rings is 1. The van der Waals surface area contributed by atoms with Gasteiger partial charge < -0.3 is 9.97 Å². The minimum atomic E-state index is -0.265. The van der Waals surface area contributed by atoms with Crippen LogP contribution in [-0.2, 0) is 6.54 Å². The second-order valence-corrected chi connectivity index (χ2v) is 6.82. The van der Waals surface area contributed by atoms with Crippen molar-refractivity contribution in [3.63, 3.8) is 0 Å². The van der Waals surface area contributed by atoms with Crippen molar-refractivity contribution in [2.45, 2.75) is 39.3 Å². The van der Waals surface area contributed by atoms with Crippen LogP contribution < -0.4 is 5.43 Å². The molecular weight excluding hydrogens is 319 g/mol. The van der Waals surface area contributed by atoms with Crippen LogP contribution in [0, 0.1) is 19.7 Å². The molecule has 4 rings (SSSR count). The van der Waals surface area contributed by atoms with E-state index in [1.165, 1.54) is 12.1 Å². The van der Waals surface area contributed by atoms with E-state index >= 15 is 0 Å². The number of likely N-dealkylation sites (tertiary alicyclic amines) is 1. The van der Waals surface area contributed by atoms with E-state index < -0.39 is 0 Å². The molecule has 1 aromatic carbocycles. The summed E-state index contributed by atoms with van der Waals surface area (Å²) in [6, 6.07) is 4.76. The average molecular weight is 340 g/mol. The molecule has 25 heavy (non-hydrogen) atoms. The Kier molecular flexibility index (Phi) is 3.92. The van der Waals surface area contributed by atoms with Crippen molar-refractivity contribution >= 4 is 11.0 Å². The topological polar surface area (TPSA) is 64.8 Å². The van der Waals surface area contributed by atoms with E-state index in [-0.39, 0.29) is 17.3 Å². The fraction of sp³-hybridized carbons (Fsp3) is 0.368. The van der Waals surface area contributed by atoms with E-state index in [1.807, 2.05) is 13.8 Å². The SMILES string of the molecule is Cc1c[nH]c(CN2CCCC2c2nc3ccc(F)cc3[nH]2)c(C)c1=O. The number of halogens is 1. The molecule has 0 saturated carbocycles. The molecule has 1 atom stereocenters. The Bertz CT molecular complexity index is 991. The Labute approximate surface area is 144 Å². The van der Waals surface area contributed by atoms with Crippen molar-refractivity contribution in [2.24, 2.45) is 0 Å². The van der Waals surface area contributed by atoms with Gasteiger partial charge in [0, 0.05) is 29.6 Å². The predicted octanol–water partition coefficient (Wildman–Crippen LogP) is 3.34. The van der Waals surface area contributed by atoms with Crippen molar-refractivity contribution in [2.75, 3.05) is 6.54 Å². The molecule has 6 heteroatoms. The van der Waals surface area contributed by atoms with E-state index in [1.54, 1.807) is 12.3 Å². The number of rotatable bonds is 3. The molecule has 1 aliphatic heterocycles. The largest absolute Gasteiger partial charge is 0.363 e. The Balaban J connectivity index is 1.64. The molecule has 1 aliphatic rings. The lowest BCUT2D eigenvalue weighted by atomic mass is 10.1. The van der Waals surface area contributed by atoms with Crippen LogP contribution in [0.5, 0.6) is 0 Å². The van der Waals surface area contributed by atoms with Gasteiger partial charge in [0.2, 0.25) is 0 Å². The summed E-state index contributed by atoms with van der Waals surface area (Å²) in [4.78, 5) is 25.7. The van der Waals surface area contributed by atoms with Crippen LogP contribution in [0.4, 0.5) is 4.39 Å². The summed E-state index contributed by atoms with van der Waals surface area (Å²) in [6.45, 7) is 5.32. The zero-order valence-corrected chi connectivity index (χ0v) is 14.4. The minimum Gasteiger partial charge on any atom is -0.363 e. The van der Waals surface area contributed by atoms with Gasteiger partial charge in [-0.25, -0.2) is 9.37 Å². The first-order valence-electron chi connectivity index (χ1n) is 8.60. The van der Waals surface area contributed by atoms with Crippen molar-refractivity contribution < 1.29 is 4.39 Å². The molecule has 130 valence electrons. The third kappa shape index (κ3) is 2.87. The lowest BCUT2D eigenvalue weighted by Crippen LogP contribution is -2.26. The number of fused-ring (bicyclic) bond motifs is 1. The highest BCUT2D eigenvalue weighted by Gasteiger charge is 2.29. The fourth-order valence-electron chi connectivity index (χ4n) is 3.65. The van der Waals surface area contributed by atoms with Crippen LogP contribution in [0.1, 0.15) is 41.5 Å². The van der Waals surface area contributed by atoms with Crippen molar-refractivity contribution in [3.8, 4) is 0 Å². The van der Waals surface area contributed by atoms with E-state index in [2.05, 4.69) is 19.9 Å². The number of benzene rings is 1. The summed E-state index contributed by atoms with van der Waals surface area (Å²) in [5, 5.41) is 0. The Morgan fingerprint density at radius 1 is 1.36 bits per heavy atom. The normalized spacial score (nSPS) is 18.3. The van der Waals surface area contributed by atoms with Gasteiger partial charge in [0.15, 0.2) is 5.43 Å². The van der Waals surface area contributed by atoms with Gasteiger partial charge >= 0.3 is 0 Å². The number of H-pyrrole nitrogens is 2. The molecule has 3 heterocycles. The number of hydrogen-bond donors (Lipinski definition) is 2. The summed E-state index contributed by atoms with van der Waals surface area (Å²) in [5.74, 6) is 0.601. The van der Waals surface area contributed by atoms with Crippen LogP contribution in [0.2, 0.25) is 0 Å². The molecule has 0 amide bonds. The maximum absolute atomic E-state index is 13.4. The molecule has 2 aromatic heterocycles. The summed E-state index contributed by atoms with van der Waals surface area (Å²) >= 11 is 0. The van der Waals surface area contributed by atoms with E-state index in [4.69, 9.17) is 0 Å². The molecule has 1 fully saturated rings. The zero-order valence-electron chi connectivity index (χ0n) is 14.4. The molecule has 3 aromatic rings. The second kappa shape index (κ2) is 6.11. The molecule has 0 bridgehead atoms. The predicted molar refractivity (Wildman–Crippen MR) is 95.0 cm³/mol. The first-order valence-corrected chi connectivity index (χ1v) is 8.60.